The van der Waals surface area contributed by atoms with Crippen molar-refractivity contribution < 1.29 is 9.90 Å². The van der Waals surface area contributed by atoms with Gasteiger partial charge in [-0.3, -0.25) is 4.79 Å². The van der Waals surface area contributed by atoms with E-state index in [1.54, 1.807) is 6.20 Å². The number of nitrogens with one attached hydrogen (secondary N) is 1. The second kappa shape index (κ2) is 6.96. The number of nitrogens with zero attached hydrogens (tertiary/aromatic N) is 2. The molecule has 0 fully saturated rings. The molecule has 0 aliphatic heterocycles. The fraction of sp³-hybridized carbons (Fsp3) is 0.538. The Morgan fingerprint density at radius 2 is 2.33 bits per heavy atom. The molecule has 1 atom stereocenters. The van der Waals surface area contributed by atoms with E-state index in [0.717, 1.165) is 11.4 Å². The van der Waals surface area contributed by atoms with Gasteiger partial charge in [-0.05, 0) is 24.6 Å². The van der Waals surface area contributed by atoms with Gasteiger partial charge in [-0.15, -0.1) is 0 Å². The lowest BCUT2D eigenvalue weighted by Crippen LogP contribution is -2.26. The fourth-order valence-corrected chi connectivity index (χ4v) is 1.60. The van der Waals surface area contributed by atoms with Gasteiger partial charge in [0.1, 0.15) is 5.82 Å². The summed E-state index contributed by atoms with van der Waals surface area (Å²) in [6, 6.07) is 3.77. The minimum absolute atomic E-state index is 0.0320. The van der Waals surface area contributed by atoms with Crippen LogP contribution in [0.5, 0.6) is 0 Å². The number of aliphatic hydroxyl groups excluding tert-OH is 1. The monoisotopic (exact) mass is 251 g/mol. The molecule has 0 aliphatic rings. The van der Waals surface area contributed by atoms with E-state index < -0.39 is 0 Å². The number of aromatic nitrogens is 1. The van der Waals surface area contributed by atoms with Gasteiger partial charge in [0.2, 0.25) is 5.91 Å². The van der Waals surface area contributed by atoms with Gasteiger partial charge in [0, 0.05) is 26.2 Å². The Morgan fingerprint density at radius 1 is 1.61 bits per heavy atom. The molecule has 0 unspecified atom stereocenters. The van der Waals surface area contributed by atoms with Crippen molar-refractivity contribution in [3.63, 3.8) is 0 Å². The molecular formula is C13H21N3O2. The second-order valence-electron chi connectivity index (χ2n) is 4.24. The smallest absolute Gasteiger partial charge is 0.220 e. The number of anilines is 1. The van der Waals surface area contributed by atoms with Crippen LogP contribution in [0.15, 0.2) is 18.3 Å². The standard InChI is InChI=1S/C13H21N3O2/c1-4-13(18)15-10(2)11-5-6-14-12(9-11)16(3)7-8-17/h5-6,9-10,17H,4,7-8H2,1-3H3,(H,15,18)/t10-/m1/s1. The molecule has 5 nitrogen and oxygen atoms in total. The number of likely N-dealkylation sites (N-methyl/N-ethyl adjacent to an activating group) is 1. The molecule has 0 saturated carbocycles. The van der Waals surface area contributed by atoms with Gasteiger partial charge in [-0.1, -0.05) is 6.92 Å². The maximum Gasteiger partial charge on any atom is 0.220 e. The number of carbonyl (C=O) groups excluding carboxylic acids is 1. The molecule has 1 aromatic heterocycles. The Labute approximate surface area is 108 Å². The Morgan fingerprint density at radius 3 is 2.94 bits per heavy atom. The van der Waals surface area contributed by atoms with Crippen LogP contribution in [-0.2, 0) is 4.79 Å². The third-order valence-electron chi connectivity index (χ3n) is 2.79. The maximum absolute atomic E-state index is 11.3. The van der Waals surface area contributed by atoms with Crippen LogP contribution in [0.1, 0.15) is 31.9 Å². The quantitative estimate of drug-likeness (QED) is 0.794. The van der Waals surface area contributed by atoms with Crippen molar-refractivity contribution in [1.29, 1.82) is 0 Å². The summed E-state index contributed by atoms with van der Waals surface area (Å²) in [6.07, 6.45) is 2.19. The van der Waals surface area contributed by atoms with Gasteiger partial charge in [-0.2, -0.15) is 0 Å². The lowest BCUT2D eigenvalue weighted by molar-refractivity contribution is -0.121. The summed E-state index contributed by atoms with van der Waals surface area (Å²) in [4.78, 5) is 17.5. The molecule has 1 rings (SSSR count). The van der Waals surface area contributed by atoms with E-state index in [0.29, 0.717) is 13.0 Å². The molecule has 18 heavy (non-hydrogen) atoms. The third kappa shape index (κ3) is 4.00. The zero-order chi connectivity index (χ0) is 13.5. The zero-order valence-corrected chi connectivity index (χ0v) is 11.2. The summed E-state index contributed by atoms with van der Waals surface area (Å²) in [7, 11) is 1.87. The topological polar surface area (TPSA) is 65.5 Å². The van der Waals surface area contributed by atoms with Gasteiger partial charge in [0.25, 0.3) is 0 Å². The van der Waals surface area contributed by atoms with Gasteiger partial charge >= 0.3 is 0 Å². The fourth-order valence-electron chi connectivity index (χ4n) is 1.60. The number of hydrogen-bond acceptors (Lipinski definition) is 4. The second-order valence-corrected chi connectivity index (χ2v) is 4.24. The number of aliphatic hydroxyl groups is 1. The molecule has 0 aliphatic carbocycles. The molecule has 0 radical (unpaired) electrons. The number of amides is 1. The molecule has 5 heteroatoms. The van der Waals surface area contributed by atoms with Crippen molar-refractivity contribution in [3.8, 4) is 0 Å². The highest BCUT2D eigenvalue weighted by atomic mass is 16.3. The Hall–Kier alpha value is -1.62. The van der Waals surface area contributed by atoms with Crippen LogP contribution in [0.25, 0.3) is 0 Å². The summed E-state index contributed by atoms with van der Waals surface area (Å²) in [6.45, 7) is 4.39. The summed E-state index contributed by atoms with van der Waals surface area (Å²) in [5.74, 6) is 0.823. The van der Waals surface area contributed by atoms with E-state index in [1.165, 1.54) is 0 Å². The lowest BCUT2D eigenvalue weighted by atomic mass is 10.1. The van der Waals surface area contributed by atoms with E-state index in [2.05, 4.69) is 10.3 Å². The van der Waals surface area contributed by atoms with Crippen molar-refractivity contribution in [2.45, 2.75) is 26.3 Å². The highest BCUT2D eigenvalue weighted by molar-refractivity contribution is 5.76. The normalized spacial score (nSPS) is 12.0. The predicted octanol–water partition coefficient (Wildman–Crippen LogP) is 1.10. The number of hydrogen-bond donors (Lipinski definition) is 2. The summed E-state index contributed by atoms with van der Waals surface area (Å²) in [5, 5.41) is 11.8. The van der Waals surface area contributed by atoms with Crippen LogP contribution in [0.3, 0.4) is 0 Å². The molecular weight excluding hydrogens is 230 g/mol. The van der Waals surface area contributed by atoms with Crippen molar-refractivity contribution in [3.05, 3.63) is 23.9 Å². The molecule has 1 amide bonds. The molecule has 1 aromatic rings. The molecule has 2 N–H and O–H groups in total. The predicted molar refractivity (Wildman–Crippen MR) is 71.4 cm³/mol. The third-order valence-corrected chi connectivity index (χ3v) is 2.79. The molecule has 1 heterocycles. The first-order valence-corrected chi connectivity index (χ1v) is 6.15. The van der Waals surface area contributed by atoms with Gasteiger partial charge in [0.15, 0.2) is 0 Å². The Kier molecular flexibility index (Phi) is 5.58. The van der Waals surface area contributed by atoms with Gasteiger partial charge < -0.3 is 15.3 Å². The largest absolute Gasteiger partial charge is 0.395 e. The Bertz CT molecular complexity index is 396. The van der Waals surface area contributed by atoms with Crippen LogP contribution in [0.2, 0.25) is 0 Å². The average molecular weight is 251 g/mol. The minimum Gasteiger partial charge on any atom is -0.395 e. The highest BCUT2D eigenvalue weighted by Crippen LogP contribution is 2.17. The number of pyridine rings is 1. The van der Waals surface area contributed by atoms with Gasteiger partial charge in [0.05, 0.1) is 12.6 Å². The van der Waals surface area contributed by atoms with Crippen LogP contribution < -0.4 is 10.2 Å². The first-order valence-electron chi connectivity index (χ1n) is 6.15. The molecule has 100 valence electrons. The minimum atomic E-state index is -0.0401. The van der Waals surface area contributed by atoms with Crippen LogP contribution in [0.4, 0.5) is 5.82 Å². The Balaban J connectivity index is 2.77. The van der Waals surface area contributed by atoms with E-state index in [-0.39, 0.29) is 18.6 Å². The SMILES string of the molecule is CCC(=O)N[C@H](C)c1ccnc(N(C)CCO)c1. The highest BCUT2D eigenvalue weighted by Gasteiger charge is 2.10. The molecule has 0 spiro atoms. The molecule has 0 saturated heterocycles. The average Bonchev–Trinajstić information content (AvgIpc) is 2.39. The summed E-state index contributed by atoms with van der Waals surface area (Å²) >= 11 is 0. The van der Waals surface area contributed by atoms with E-state index in [4.69, 9.17) is 5.11 Å². The first-order chi connectivity index (χ1) is 8.58. The first kappa shape index (κ1) is 14.4. The lowest BCUT2D eigenvalue weighted by Gasteiger charge is -2.19. The number of carbonyl (C=O) groups is 1. The van der Waals surface area contributed by atoms with Crippen molar-refractivity contribution in [2.75, 3.05) is 25.1 Å². The molecule has 0 aromatic carbocycles. The van der Waals surface area contributed by atoms with Crippen molar-refractivity contribution >= 4 is 11.7 Å². The van der Waals surface area contributed by atoms with Crippen LogP contribution >= 0.6 is 0 Å². The van der Waals surface area contributed by atoms with E-state index >= 15 is 0 Å². The van der Waals surface area contributed by atoms with Crippen LogP contribution in [0, 0.1) is 0 Å². The van der Waals surface area contributed by atoms with E-state index in [1.807, 2.05) is 37.9 Å². The zero-order valence-electron chi connectivity index (χ0n) is 11.2. The van der Waals surface area contributed by atoms with Crippen molar-refractivity contribution in [1.82, 2.24) is 10.3 Å². The van der Waals surface area contributed by atoms with Crippen LogP contribution in [-0.4, -0.2) is 36.2 Å². The van der Waals surface area contributed by atoms with Crippen molar-refractivity contribution in [2.24, 2.45) is 0 Å². The maximum atomic E-state index is 11.3. The molecule has 0 bridgehead atoms. The summed E-state index contributed by atoms with van der Waals surface area (Å²) < 4.78 is 0. The van der Waals surface area contributed by atoms with Gasteiger partial charge in [-0.25, -0.2) is 4.98 Å². The summed E-state index contributed by atoms with van der Waals surface area (Å²) in [5.41, 5.74) is 1.01. The number of rotatable bonds is 6. The van der Waals surface area contributed by atoms with E-state index in [9.17, 15) is 4.79 Å².